The molecule has 2 saturated heterocycles. The van der Waals surface area contributed by atoms with Gasteiger partial charge in [0, 0.05) is 31.6 Å². The Labute approximate surface area is 236 Å². The minimum absolute atomic E-state index is 0.0110. The van der Waals surface area contributed by atoms with Gasteiger partial charge in [-0.25, -0.2) is 4.79 Å². The topological polar surface area (TPSA) is 83.5 Å². The van der Waals surface area contributed by atoms with Crippen molar-refractivity contribution in [3.63, 3.8) is 0 Å². The molecule has 8 atom stereocenters. The van der Waals surface area contributed by atoms with E-state index in [0.717, 1.165) is 83.8 Å². The summed E-state index contributed by atoms with van der Waals surface area (Å²) in [6.07, 6.45) is 21.0. The van der Waals surface area contributed by atoms with Gasteiger partial charge in [0.1, 0.15) is 0 Å². The van der Waals surface area contributed by atoms with Crippen LogP contribution in [-0.4, -0.2) is 62.3 Å². The van der Waals surface area contributed by atoms with E-state index in [4.69, 9.17) is 18.9 Å². The van der Waals surface area contributed by atoms with Crippen LogP contribution in [0.5, 0.6) is 0 Å². The van der Waals surface area contributed by atoms with E-state index in [-0.39, 0.29) is 42.6 Å². The molecule has 0 aromatic carbocycles. The van der Waals surface area contributed by atoms with E-state index in [1.807, 2.05) is 6.08 Å². The van der Waals surface area contributed by atoms with Crippen molar-refractivity contribution < 1.29 is 33.6 Å². The second-order valence-corrected chi connectivity index (χ2v) is 11.7. The van der Waals surface area contributed by atoms with Gasteiger partial charge in [0.15, 0.2) is 12.6 Å². The Morgan fingerprint density at radius 2 is 1.82 bits per heavy atom. The largest absolute Gasteiger partial charge is 0.466 e. The number of hydrogen-bond acceptors (Lipinski definition) is 7. The standard InChI is InChI=1S/C32H54O7/c1-4-13-24(2)22-25(38-31-16-9-11-20-36-31)18-19-27-26(14-7-5-6-8-15-30(34)35-3)28(33)23-29(27)39-32-17-10-12-21-37-32/h8,15,18-19,24-29,31-33H,4-7,9-14,16-17,20-23H2,1-3H3/b15-8+,19-18+/t24?,25?,26-,27-,28+,29-,31?,32?/m1/s1. The summed E-state index contributed by atoms with van der Waals surface area (Å²) in [7, 11) is 1.39. The maximum atomic E-state index is 11.3. The van der Waals surface area contributed by atoms with Crippen LogP contribution >= 0.6 is 0 Å². The van der Waals surface area contributed by atoms with Crippen LogP contribution in [0.2, 0.25) is 0 Å². The second-order valence-electron chi connectivity index (χ2n) is 11.7. The molecule has 3 rings (SSSR count). The first kappa shape index (κ1) is 32.3. The predicted octanol–water partition coefficient (Wildman–Crippen LogP) is 6.48. The summed E-state index contributed by atoms with van der Waals surface area (Å²) < 4.78 is 29.5. The fourth-order valence-electron chi connectivity index (χ4n) is 6.26. The van der Waals surface area contributed by atoms with Gasteiger partial charge in [-0.05, 0) is 76.0 Å². The Balaban J connectivity index is 1.67. The van der Waals surface area contributed by atoms with Crippen LogP contribution in [0.25, 0.3) is 0 Å². The Morgan fingerprint density at radius 1 is 1.08 bits per heavy atom. The molecule has 0 bridgehead atoms. The van der Waals surface area contributed by atoms with Crippen LogP contribution < -0.4 is 0 Å². The predicted molar refractivity (Wildman–Crippen MR) is 152 cm³/mol. The molecule has 0 aromatic rings. The lowest BCUT2D eigenvalue weighted by Crippen LogP contribution is -2.31. The van der Waals surface area contributed by atoms with Crippen LogP contribution in [0.1, 0.15) is 104 Å². The number of carbonyl (C=O) groups excluding carboxylic acids is 1. The van der Waals surface area contributed by atoms with Crippen LogP contribution in [0.15, 0.2) is 24.3 Å². The normalized spacial score (nSPS) is 31.6. The van der Waals surface area contributed by atoms with Gasteiger partial charge in [0.05, 0.1) is 25.4 Å². The number of ether oxygens (including phenoxy) is 5. The summed E-state index contributed by atoms with van der Waals surface area (Å²) in [5.41, 5.74) is 0. The Bertz CT molecular complexity index is 726. The summed E-state index contributed by atoms with van der Waals surface area (Å²) in [6, 6.07) is 0. The maximum absolute atomic E-state index is 11.3. The molecule has 39 heavy (non-hydrogen) atoms. The fraction of sp³-hybridized carbons (Fsp3) is 0.844. The van der Waals surface area contributed by atoms with E-state index in [9.17, 15) is 9.90 Å². The zero-order chi connectivity index (χ0) is 27.9. The molecule has 1 aliphatic carbocycles. The van der Waals surface area contributed by atoms with E-state index in [1.54, 1.807) is 0 Å². The lowest BCUT2D eigenvalue weighted by molar-refractivity contribution is -0.193. The number of esters is 1. The quantitative estimate of drug-likeness (QED) is 0.102. The van der Waals surface area contributed by atoms with Crippen molar-refractivity contribution in [3.05, 3.63) is 24.3 Å². The van der Waals surface area contributed by atoms with E-state index in [1.165, 1.54) is 26.0 Å². The van der Waals surface area contributed by atoms with Gasteiger partial charge in [-0.15, -0.1) is 0 Å². The van der Waals surface area contributed by atoms with Gasteiger partial charge in [-0.2, -0.15) is 0 Å². The molecule has 7 nitrogen and oxygen atoms in total. The molecule has 0 amide bonds. The minimum atomic E-state index is -0.404. The van der Waals surface area contributed by atoms with Gasteiger partial charge in [0.2, 0.25) is 0 Å². The molecule has 2 heterocycles. The van der Waals surface area contributed by atoms with Gasteiger partial charge >= 0.3 is 5.97 Å². The third-order valence-electron chi connectivity index (χ3n) is 8.40. The van der Waals surface area contributed by atoms with Crippen LogP contribution in [0.4, 0.5) is 0 Å². The molecule has 224 valence electrons. The monoisotopic (exact) mass is 550 g/mol. The van der Waals surface area contributed by atoms with Crippen molar-refractivity contribution in [2.75, 3.05) is 20.3 Å². The molecule has 0 radical (unpaired) electrons. The molecule has 3 aliphatic rings. The molecule has 1 saturated carbocycles. The van der Waals surface area contributed by atoms with Gasteiger partial charge in [0.25, 0.3) is 0 Å². The first-order valence-electron chi connectivity index (χ1n) is 15.6. The number of methoxy groups -OCH3 is 1. The average Bonchev–Trinajstić information content (AvgIpc) is 3.23. The molecule has 2 aliphatic heterocycles. The number of aliphatic hydroxyl groups is 1. The Morgan fingerprint density at radius 3 is 2.49 bits per heavy atom. The number of aliphatic hydroxyl groups excluding tert-OH is 1. The maximum Gasteiger partial charge on any atom is 0.330 e. The highest BCUT2D eigenvalue weighted by atomic mass is 16.7. The van der Waals surface area contributed by atoms with Crippen molar-refractivity contribution in [1.29, 1.82) is 0 Å². The number of hydrogen-bond donors (Lipinski definition) is 1. The van der Waals surface area contributed by atoms with E-state index >= 15 is 0 Å². The molecule has 4 unspecified atom stereocenters. The van der Waals surface area contributed by atoms with E-state index in [0.29, 0.717) is 12.3 Å². The van der Waals surface area contributed by atoms with Crippen LogP contribution in [-0.2, 0) is 28.5 Å². The van der Waals surface area contributed by atoms with Crippen molar-refractivity contribution >= 4 is 5.97 Å². The van der Waals surface area contributed by atoms with Crippen molar-refractivity contribution in [2.45, 2.75) is 135 Å². The summed E-state index contributed by atoms with van der Waals surface area (Å²) in [5, 5.41) is 11.1. The van der Waals surface area contributed by atoms with Crippen LogP contribution in [0.3, 0.4) is 0 Å². The first-order chi connectivity index (χ1) is 19.0. The highest BCUT2D eigenvalue weighted by Gasteiger charge is 2.42. The zero-order valence-electron chi connectivity index (χ0n) is 24.6. The molecule has 7 heteroatoms. The summed E-state index contributed by atoms with van der Waals surface area (Å²) >= 11 is 0. The lowest BCUT2D eigenvalue weighted by Gasteiger charge is -2.30. The van der Waals surface area contributed by atoms with Crippen molar-refractivity contribution in [3.8, 4) is 0 Å². The molecular formula is C32H54O7. The number of unbranched alkanes of at least 4 members (excludes halogenated alkanes) is 2. The third-order valence-corrected chi connectivity index (χ3v) is 8.40. The summed E-state index contributed by atoms with van der Waals surface area (Å²) in [6.45, 7) is 6.06. The fourth-order valence-corrected chi connectivity index (χ4v) is 6.26. The molecule has 0 spiro atoms. The molecule has 1 N–H and O–H groups in total. The molecular weight excluding hydrogens is 496 g/mol. The zero-order valence-corrected chi connectivity index (χ0v) is 24.6. The highest BCUT2D eigenvalue weighted by Crippen LogP contribution is 2.40. The third kappa shape index (κ3) is 11.6. The lowest BCUT2D eigenvalue weighted by atomic mass is 9.87. The SMILES string of the molecule is CCCC(C)CC(/C=C/[C@@H]1[C@@H](CCCC/C=C/C(=O)OC)[C@@H](O)C[C@H]1OC1CCCCO1)OC1CCCCO1. The molecule has 3 fully saturated rings. The number of carbonyl (C=O) groups is 1. The van der Waals surface area contributed by atoms with Gasteiger partial charge < -0.3 is 28.8 Å². The number of allylic oxidation sites excluding steroid dienone is 1. The van der Waals surface area contributed by atoms with E-state index < -0.39 is 6.10 Å². The number of rotatable bonds is 16. The Hall–Kier alpha value is -1.25. The van der Waals surface area contributed by atoms with Crippen LogP contribution in [0, 0.1) is 17.8 Å². The highest BCUT2D eigenvalue weighted by molar-refractivity contribution is 5.81. The molecule has 0 aromatic heterocycles. The first-order valence-corrected chi connectivity index (χ1v) is 15.6. The summed E-state index contributed by atoms with van der Waals surface area (Å²) in [5.74, 6) is 0.481. The van der Waals surface area contributed by atoms with Gasteiger partial charge in [-0.3, -0.25) is 0 Å². The summed E-state index contributed by atoms with van der Waals surface area (Å²) in [4.78, 5) is 11.3. The smallest absolute Gasteiger partial charge is 0.330 e. The minimum Gasteiger partial charge on any atom is -0.466 e. The van der Waals surface area contributed by atoms with Crippen molar-refractivity contribution in [2.24, 2.45) is 17.8 Å². The van der Waals surface area contributed by atoms with E-state index in [2.05, 4.69) is 30.7 Å². The average molecular weight is 551 g/mol. The second kappa shape index (κ2) is 18.2. The van der Waals surface area contributed by atoms with Gasteiger partial charge in [-0.1, -0.05) is 51.3 Å². The Kier molecular flexibility index (Phi) is 15.1. The van der Waals surface area contributed by atoms with Crippen molar-refractivity contribution in [1.82, 2.24) is 0 Å².